The van der Waals surface area contributed by atoms with Gasteiger partial charge >= 0.3 is 0 Å². The second-order valence-corrected chi connectivity index (χ2v) is 12.5. The Morgan fingerprint density at radius 3 is 2.13 bits per heavy atom. The highest BCUT2D eigenvalue weighted by Gasteiger charge is 2.33. The first-order valence-corrected chi connectivity index (χ1v) is 14.8. The minimum Gasteiger partial charge on any atom is -0.352 e. The van der Waals surface area contributed by atoms with Crippen molar-refractivity contribution in [2.24, 2.45) is 0 Å². The lowest BCUT2D eigenvalue weighted by Gasteiger charge is -2.32. The van der Waals surface area contributed by atoms with Gasteiger partial charge in [-0.1, -0.05) is 53.0 Å². The van der Waals surface area contributed by atoms with Crippen LogP contribution in [0.3, 0.4) is 0 Å². The van der Waals surface area contributed by atoms with Crippen LogP contribution in [0.4, 0.5) is 5.69 Å². The van der Waals surface area contributed by atoms with Crippen LogP contribution in [0.25, 0.3) is 0 Å². The van der Waals surface area contributed by atoms with Gasteiger partial charge in [-0.2, -0.15) is 0 Å². The third kappa shape index (κ3) is 7.88. The topological polar surface area (TPSA) is 86.8 Å². The highest BCUT2D eigenvalue weighted by Crippen LogP contribution is 2.27. The molecule has 3 rings (SSSR count). The molecule has 0 aromatic heterocycles. The van der Waals surface area contributed by atoms with Gasteiger partial charge in [0.1, 0.15) is 12.6 Å². The molecular weight excluding hydrogens is 581 g/mol. The van der Waals surface area contributed by atoms with Gasteiger partial charge in [0.15, 0.2) is 0 Å². The molecule has 0 aliphatic carbocycles. The molecule has 3 aromatic rings. The van der Waals surface area contributed by atoms with E-state index in [1.165, 1.54) is 29.2 Å². The minimum atomic E-state index is -4.18. The van der Waals surface area contributed by atoms with Crippen molar-refractivity contribution in [1.29, 1.82) is 0 Å². The van der Waals surface area contributed by atoms with Crippen molar-refractivity contribution in [3.8, 4) is 0 Å². The van der Waals surface area contributed by atoms with E-state index in [9.17, 15) is 18.0 Å². The van der Waals surface area contributed by atoms with Gasteiger partial charge in [0.2, 0.25) is 11.8 Å². The summed E-state index contributed by atoms with van der Waals surface area (Å²) in [5.41, 5.74) is 1.68. The monoisotopic (exact) mass is 609 g/mol. The molecule has 0 spiro atoms. The SMILES string of the molecule is Cc1cccc(N(CC(=O)N(Cc2ccc(Cl)cc2Cl)[C@H](C)C(=O)NC(C)C)S(=O)(=O)c2ccc(Cl)cc2)c1. The number of halogens is 3. The third-order valence-corrected chi connectivity index (χ3v) is 8.55. The van der Waals surface area contributed by atoms with E-state index >= 15 is 0 Å². The average molecular weight is 611 g/mol. The van der Waals surface area contributed by atoms with Crippen LogP contribution >= 0.6 is 34.8 Å². The first-order valence-electron chi connectivity index (χ1n) is 12.2. The number of aryl methyl sites for hydroxylation is 1. The quantitative estimate of drug-likeness (QED) is 0.301. The number of nitrogens with zero attached hydrogens (tertiary/aromatic N) is 2. The highest BCUT2D eigenvalue weighted by molar-refractivity contribution is 7.92. The number of sulfonamides is 1. The summed E-state index contributed by atoms with van der Waals surface area (Å²) in [4.78, 5) is 28.2. The molecule has 0 saturated carbocycles. The number of carbonyl (C=O) groups is 2. The van der Waals surface area contributed by atoms with E-state index in [2.05, 4.69) is 5.32 Å². The molecule has 0 bridgehead atoms. The Balaban J connectivity index is 2.05. The predicted octanol–water partition coefficient (Wildman–Crippen LogP) is 6.09. The Hall–Kier alpha value is -2.78. The number of rotatable bonds is 10. The predicted molar refractivity (Wildman–Crippen MR) is 157 cm³/mol. The van der Waals surface area contributed by atoms with Crippen molar-refractivity contribution in [3.63, 3.8) is 0 Å². The van der Waals surface area contributed by atoms with Crippen LogP contribution in [-0.4, -0.2) is 43.8 Å². The van der Waals surface area contributed by atoms with Crippen molar-refractivity contribution in [2.45, 2.75) is 51.2 Å². The Labute approximate surface area is 244 Å². The number of benzene rings is 3. The molecule has 0 unspecified atom stereocenters. The van der Waals surface area contributed by atoms with Crippen LogP contribution < -0.4 is 9.62 Å². The zero-order chi connectivity index (χ0) is 28.9. The standard InChI is InChI=1S/C28H30Cl3N3O4S/c1-18(2)32-28(36)20(4)33(16-21-8-9-23(30)15-26(21)31)27(35)17-34(24-7-5-6-19(3)14-24)39(37,38)25-12-10-22(29)11-13-25/h5-15,18,20H,16-17H2,1-4H3,(H,32,36)/t20-/m1/s1. The number of hydrogen-bond donors (Lipinski definition) is 1. The fourth-order valence-electron chi connectivity index (χ4n) is 3.87. The maximum atomic E-state index is 13.9. The number of carbonyl (C=O) groups excluding carboxylic acids is 2. The van der Waals surface area contributed by atoms with Crippen molar-refractivity contribution < 1.29 is 18.0 Å². The molecule has 1 N–H and O–H groups in total. The smallest absolute Gasteiger partial charge is 0.264 e. The third-order valence-electron chi connectivity index (χ3n) is 5.92. The number of hydrogen-bond acceptors (Lipinski definition) is 4. The summed E-state index contributed by atoms with van der Waals surface area (Å²) in [5, 5.41) is 3.93. The maximum absolute atomic E-state index is 13.9. The van der Waals surface area contributed by atoms with Gasteiger partial charge in [-0.05, 0) is 87.4 Å². The van der Waals surface area contributed by atoms with Crippen LogP contribution in [0.2, 0.25) is 15.1 Å². The van der Waals surface area contributed by atoms with E-state index in [1.54, 1.807) is 43.3 Å². The largest absolute Gasteiger partial charge is 0.352 e. The lowest BCUT2D eigenvalue weighted by atomic mass is 10.1. The van der Waals surface area contributed by atoms with E-state index in [0.29, 0.717) is 26.3 Å². The zero-order valence-electron chi connectivity index (χ0n) is 22.0. The van der Waals surface area contributed by atoms with E-state index in [0.717, 1.165) is 9.87 Å². The number of nitrogens with one attached hydrogen (secondary N) is 1. The van der Waals surface area contributed by atoms with Crippen LogP contribution in [0.5, 0.6) is 0 Å². The number of anilines is 1. The Kier molecular flexibility index (Phi) is 10.3. The van der Waals surface area contributed by atoms with Gasteiger partial charge < -0.3 is 10.2 Å². The Morgan fingerprint density at radius 1 is 0.897 bits per heavy atom. The molecule has 0 saturated heterocycles. The van der Waals surface area contributed by atoms with Gasteiger partial charge in [-0.3, -0.25) is 13.9 Å². The molecule has 0 fully saturated rings. The summed E-state index contributed by atoms with van der Waals surface area (Å²) in [6, 6.07) is 16.3. The summed E-state index contributed by atoms with van der Waals surface area (Å²) in [6.07, 6.45) is 0. The molecule has 7 nitrogen and oxygen atoms in total. The van der Waals surface area contributed by atoms with Gasteiger partial charge in [0.05, 0.1) is 10.6 Å². The molecule has 208 valence electrons. The summed E-state index contributed by atoms with van der Waals surface area (Å²) in [5.74, 6) is -0.974. The molecule has 0 aliphatic rings. The normalized spacial score (nSPS) is 12.2. The fraction of sp³-hybridized carbons (Fsp3) is 0.286. The fourth-order valence-corrected chi connectivity index (χ4v) is 5.87. The zero-order valence-corrected chi connectivity index (χ0v) is 25.1. The van der Waals surface area contributed by atoms with Crippen molar-refractivity contribution in [1.82, 2.24) is 10.2 Å². The van der Waals surface area contributed by atoms with Crippen molar-refractivity contribution >= 4 is 62.3 Å². The first kappa shape index (κ1) is 30.8. The molecule has 3 aromatic carbocycles. The molecule has 0 heterocycles. The molecule has 39 heavy (non-hydrogen) atoms. The molecule has 11 heteroatoms. The van der Waals surface area contributed by atoms with E-state index < -0.39 is 28.5 Å². The van der Waals surface area contributed by atoms with Gasteiger partial charge in [-0.25, -0.2) is 8.42 Å². The maximum Gasteiger partial charge on any atom is 0.264 e. The lowest BCUT2D eigenvalue weighted by molar-refractivity contribution is -0.139. The Morgan fingerprint density at radius 2 is 1.54 bits per heavy atom. The lowest BCUT2D eigenvalue weighted by Crippen LogP contribution is -2.52. The average Bonchev–Trinajstić information content (AvgIpc) is 2.86. The summed E-state index contributed by atoms with van der Waals surface area (Å²) >= 11 is 18.4. The molecule has 0 radical (unpaired) electrons. The number of amides is 2. The summed E-state index contributed by atoms with van der Waals surface area (Å²) < 4.78 is 28.7. The Bertz CT molecular complexity index is 1450. The first-order chi connectivity index (χ1) is 18.3. The molecule has 0 aliphatic heterocycles. The minimum absolute atomic E-state index is 0.0286. The molecule has 1 atom stereocenters. The van der Waals surface area contributed by atoms with E-state index in [4.69, 9.17) is 34.8 Å². The van der Waals surface area contributed by atoms with Crippen LogP contribution in [0, 0.1) is 6.92 Å². The van der Waals surface area contributed by atoms with E-state index in [-0.39, 0.29) is 23.4 Å². The summed E-state index contributed by atoms with van der Waals surface area (Å²) in [7, 11) is -4.18. The second kappa shape index (κ2) is 13.0. The van der Waals surface area contributed by atoms with Crippen LogP contribution in [0.15, 0.2) is 71.6 Å². The van der Waals surface area contributed by atoms with Crippen molar-refractivity contribution in [2.75, 3.05) is 10.8 Å². The highest BCUT2D eigenvalue weighted by atomic mass is 35.5. The molecular formula is C28H30Cl3N3O4S. The summed E-state index contributed by atoms with van der Waals surface area (Å²) in [6.45, 7) is 6.44. The van der Waals surface area contributed by atoms with Gasteiger partial charge in [0.25, 0.3) is 10.0 Å². The van der Waals surface area contributed by atoms with Crippen LogP contribution in [-0.2, 0) is 26.2 Å². The second-order valence-electron chi connectivity index (χ2n) is 9.40. The van der Waals surface area contributed by atoms with Gasteiger partial charge in [0, 0.05) is 27.7 Å². The molecule has 2 amide bonds. The van der Waals surface area contributed by atoms with E-state index in [1.807, 2.05) is 26.8 Å². The van der Waals surface area contributed by atoms with Crippen molar-refractivity contribution in [3.05, 3.63) is 92.9 Å². The van der Waals surface area contributed by atoms with Crippen LogP contribution in [0.1, 0.15) is 31.9 Å². The van der Waals surface area contributed by atoms with Gasteiger partial charge in [-0.15, -0.1) is 0 Å².